The molecule has 0 aliphatic rings. The zero-order chi connectivity index (χ0) is 18.6. The third-order valence-electron chi connectivity index (χ3n) is 2.86. The van der Waals surface area contributed by atoms with Crippen LogP contribution in [0.2, 0.25) is 0 Å². The van der Waals surface area contributed by atoms with Crippen LogP contribution in [0.25, 0.3) is 0 Å². The van der Waals surface area contributed by atoms with Crippen LogP contribution < -0.4 is 0 Å². The van der Waals surface area contributed by atoms with E-state index in [1.165, 1.54) is 13.8 Å². The molecule has 0 amide bonds. The standard InChI is InChI=1S/C16H27O7P/c1-6-7-8-9-10-24(19,22-11-20-15(17)13(2)3)23-12-21-16(18)14(4)5/h2,4,6-12H2,1,3,5H3. The van der Waals surface area contributed by atoms with E-state index in [4.69, 9.17) is 18.5 Å². The number of hydrogen-bond acceptors (Lipinski definition) is 7. The maximum atomic E-state index is 12.6. The Morgan fingerprint density at radius 3 is 1.71 bits per heavy atom. The maximum Gasteiger partial charge on any atom is 0.336 e. The fourth-order valence-corrected chi connectivity index (χ4v) is 2.84. The van der Waals surface area contributed by atoms with Crippen LogP contribution in [-0.4, -0.2) is 31.7 Å². The van der Waals surface area contributed by atoms with E-state index in [0.29, 0.717) is 6.42 Å². The topological polar surface area (TPSA) is 88.1 Å². The second kappa shape index (κ2) is 12.0. The zero-order valence-corrected chi connectivity index (χ0v) is 15.6. The molecule has 7 nitrogen and oxygen atoms in total. The quantitative estimate of drug-likeness (QED) is 0.161. The fraction of sp³-hybridized carbons (Fsp3) is 0.625. The largest absolute Gasteiger partial charge is 0.435 e. The Kier molecular flexibility index (Phi) is 11.3. The Balaban J connectivity index is 4.49. The first-order valence-corrected chi connectivity index (χ1v) is 9.48. The number of esters is 2. The summed E-state index contributed by atoms with van der Waals surface area (Å²) in [5, 5.41) is 0. The molecule has 0 aromatic carbocycles. The van der Waals surface area contributed by atoms with Crippen LogP contribution in [0.5, 0.6) is 0 Å². The van der Waals surface area contributed by atoms with Crippen molar-refractivity contribution in [3.63, 3.8) is 0 Å². The third kappa shape index (κ3) is 10.4. The van der Waals surface area contributed by atoms with Crippen molar-refractivity contribution in [1.29, 1.82) is 0 Å². The highest BCUT2D eigenvalue weighted by Crippen LogP contribution is 2.49. The summed E-state index contributed by atoms with van der Waals surface area (Å²) in [6.07, 6.45) is 3.65. The van der Waals surface area contributed by atoms with E-state index in [1.54, 1.807) is 0 Å². The van der Waals surface area contributed by atoms with Gasteiger partial charge in [-0.2, -0.15) is 0 Å². The van der Waals surface area contributed by atoms with Gasteiger partial charge in [0.15, 0.2) is 0 Å². The van der Waals surface area contributed by atoms with Gasteiger partial charge in [0.2, 0.25) is 13.6 Å². The van der Waals surface area contributed by atoms with Crippen LogP contribution in [-0.2, 0) is 32.7 Å². The highest BCUT2D eigenvalue weighted by molar-refractivity contribution is 7.53. The average molecular weight is 362 g/mol. The number of hydrogen-bond donors (Lipinski definition) is 0. The van der Waals surface area contributed by atoms with Gasteiger partial charge in [-0.05, 0) is 20.3 Å². The van der Waals surface area contributed by atoms with Crippen LogP contribution in [0.1, 0.15) is 46.5 Å². The smallest absolute Gasteiger partial charge is 0.336 e. The van der Waals surface area contributed by atoms with E-state index in [9.17, 15) is 14.2 Å². The molecule has 0 aliphatic heterocycles. The summed E-state index contributed by atoms with van der Waals surface area (Å²) in [4.78, 5) is 22.6. The number of rotatable bonds is 13. The highest BCUT2D eigenvalue weighted by atomic mass is 31.2. The van der Waals surface area contributed by atoms with Crippen molar-refractivity contribution < 1.29 is 32.7 Å². The van der Waals surface area contributed by atoms with Gasteiger partial charge in [0.25, 0.3) is 0 Å². The minimum Gasteiger partial charge on any atom is -0.435 e. The Hall–Kier alpha value is -1.43. The molecule has 0 saturated carbocycles. The van der Waals surface area contributed by atoms with Crippen LogP contribution in [0.4, 0.5) is 0 Å². The molecule has 0 rings (SSSR count). The summed E-state index contributed by atoms with van der Waals surface area (Å²) in [6, 6.07) is 0. The van der Waals surface area contributed by atoms with Gasteiger partial charge < -0.3 is 9.47 Å². The van der Waals surface area contributed by atoms with Crippen molar-refractivity contribution in [2.75, 3.05) is 19.7 Å². The van der Waals surface area contributed by atoms with E-state index in [0.717, 1.165) is 19.3 Å². The van der Waals surface area contributed by atoms with Gasteiger partial charge >= 0.3 is 19.5 Å². The van der Waals surface area contributed by atoms with Gasteiger partial charge in [0.1, 0.15) is 0 Å². The van der Waals surface area contributed by atoms with Crippen LogP contribution >= 0.6 is 7.60 Å². The molecule has 24 heavy (non-hydrogen) atoms. The van der Waals surface area contributed by atoms with Crippen LogP contribution in [0, 0.1) is 0 Å². The molecule has 0 N–H and O–H groups in total. The highest BCUT2D eigenvalue weighted by Gasteiger charge is 2.26. The summed E-state index contributed by atoms with van der Waals surface area (Å²) < 4.78 is 32.3. The van der Waals surface area contributed by atoms with E-state index in [2.05, 4.69) is 20.1 Å². The third-order valence-corrected chi connectivity index (χ3v) is 4.72. The predicted octanol–water partition coefficient (Wildman–Crippen LogP) is 3.95. The molecular weight excluding hydrogens is 335 g/mol. The fourth-order valence-electron chi connectivity index (χ4n) is 1.47. The SMILES string of the molecule is C=C(C)C(=O)OCOP(=O)(CCCCCC)OCOC(=O)C(=C)C. The molecule has 0 unspecified atom stereocenters. The molecular formula is C16H27O7P. The van der Waals surface area contributed by atoms with Gasteiger partial charge in [-0.1, -0.05) is 39.3 Å². The molecule has 0 aromatic heterocycles. The summed E-state index contributed by atoms with van der Waals surface area (Å²) in [5.41, 5.74) is 0.403. The van der Waals surface area contributed by atoms with Crippen molar-refractivity contribution in [3.05, 3.63) is 24.3 Å². The van der Waals surface area contributed by atoms with Gasteiger partial charge in [-0.25, -0.2) is 9.59 Å². The Labute approximate surface area is 143 Å². The van der Waals surface area contributed by atoms with Crippen molar-refractivity contribution in [3.8, 4) is 0 Å². The number of carbonyl (C=O) groups is 2. The predicted molar refractivity (Wildman–Crippen MR) is 90.3 cm³/mol. The lowest BCUT2D eigenvalue weighted by atomic mass is 10.2. The zero-order valence-electron chi connectivity index (χ0n) is 14.7. The Morgan fingerprint density at radius 2 is 1.33 bits per heavy atom. The molecule has 0 radical (unpaired) electrons. The molecule has 0 spiro atoms. The molecule has 0 heterocycles. The monoisotopic (exact) mass is 362 g/mol. The van der Waals surface area contributed by atoms with E-state index < -0.39 is 33.1 Å². The maximum absolute atomic E-state index is 12.6. The van der Waals surface area contributed by atoms with E-state index in [1.807, 2.05) is 0 Å². The lowest BCUT2D eigenvalue weighted by Crippen LogP contribution is -2.12. The summed E-state index contributed by atoms with van der Waals surface area (Å²) in [7, 11) is -3.55. The Bertz CT molecular complexity index is 463. The molecule has 8 heteroatoms. The molecule has 138 valence electrons. The van der Waals surface area contributed by atoms with Crippen molar-refractivity contribution in [1.82, 2.24) is 0 Å². The van der Waals surface area contributed by atoms with Gasteiger partial charge in [0.05, 0.1) is 6.16 Å². The molecule has 0 aromatic rings. The minimum atomic E-state index is -3.55. The first kappa shape index (κ1) is 22.6. The molecule has 0 saturated heterocycles. The average Bonchev–Trinajstić information content (AvgIpc) is 2.51. The lowest BCUT2D eigenvalue weighted by Gasteiger charge is -2.18. The minimum absolute atomic E-state index is 0.141. The number of unbranched alkanes of at least 4 members (excludes halogenated alkanes) is 3. The van der Waals surface area contributed by atoms with Crippen LogP contribution in [0.3, 0.4) is 0 Å². The van der Waals surface area contributed by atoms with Crippen molar-refractivity contribution in [2.45, 2.75) is 46.5 Å². The van der Waals surface area contributed by atoms with Gasteiger partial charge in [-0.15, -0.1) is 0 Å². The summed E-state index contributed by atoms with van der Waals surface area (Å²) >= 11 is 0. The van der Waals surface area contributed by atoms with Gasteiger partial charge in [0, 0.05) is 11.1 Å². The molecule has 0 aliphatic carbocycles. The van der Waals surface area contributed by atoms with Crippen molar-refractivity contribution in [2.24, 2.45) is 0 Å². The summed E-state index contributed by atoms with van der Waals surface area (Å²) in [5.74, 6) is -1.30. The lowest BCUT2D eigenvalue weighted by molar-refractivity contribution is -0.147. The molecule has 0 bridgehead atoms. The number of ether oxygens (including phenoxy) is 2. The first-order chi connectivity index (χ1) is 11.2. The van der Waals surface area contributed by atoms with Crippen LogP contribution in [0.15, 0.2) is 24.3 Å². The summed E-state index contributed by atoms with van der Waals surface area (Å²) in [6.45, 7) is 10.8. The van der Waals surface area contributed by atoms with Crippen molar-refractivity contribution >= 4 is 19.5 Å². The first-order valence-electron chi connectivity index (χ1n) is 7.75. The van der Waals surface area contributed by atoms with E-state index >= 15 is 0 Å². The normalized spacial score (nSPS) is 11.0. The van der Waals surface area contributed by atoms with Gasteiger partial charge in [-0.3, -0.25) is 13.6 Å². The Morgan fingerprint density at radius 1 is 0.875 bits per heavy atom. The second-order valence-electron chi connectivity index (χ2n) is 5.31. The van der Waals surface area contributed by atoms with E-state index in [-0.39, 0.29) is 17.3 Å². The molecule has 0 fully saturated rings. The molecule has 0 atom stereocenters. The second-order valence-corrected chi connectivity index (χ2v) is 7.50. The number of carbonyl (C=O) groups excluding carboxylic acids is 2.